The summed E-state index contributed by atoms with van der Waals surface area (Å²) in [7, 11) is 0. The maximum absolute atomic E-state index is 12.7. The molecule has 0 atom stereocenters. The molecule has 0 aliphatic carbocycles. The largest absolute Gasteiger partial charge is 0.710 e. The molecule has 4 rings (SSSR count). The Hall–Kier alpha value is -4.32. The fourth-order valence-corrected chi connectivity index (χ4v) is 3.10. The number of nitro benzene ring substituents is 1. The van der Waals surface area contributed by atoms with Crippen LogP contribution < -0.4 is 4.73 Å². The van der Waals surface area contributed by atoms with Crippen LogP contribution in [0.25, 0.3) is 34.7 Å². The monoisotopic (exact) mass is 395 g/mol. The van der Waals surface area contributed by atoms with Crippen LogP contribution in [-0.2, 0) is 0 Å². The highest BCUT2D eigenvalue weighted by molar-refractivity contribution is 5.70. The Morgan fingerprint density at radius 3 is 2.23 bits per heavy atom. The number of hydrogen-bond acceptors (Lipinski definition) is 4. The Balaban J connectivity index is 1.60. The minimum Gasteiger partial charge on any atom is -0.710 e. The molecule has 4 aromatic rings. The van der Waals surface area contributed by atoms with E-state index in [1.165, 1.54) is 24.4 Å². The van der Waals surface area contributed by atoms with Crippen LogP contribution in [-0.4, -0.2) is 9.91 Å². The summed E-state index contributed by atoms with van der Waals surface area (Å²) in [5, 5.41) is 23.7. The van der Waals surface area contributed by atoms with Gasteiger partial charge in [0.15, 0.2) is 0 Å². The molecule has 30 heavy (non-hydrogen) atoms. The standard InChI is InChI=1S/C24H17N3O3/c28-26-22(15-16-25-24(26)21-7-4-8-23(17-21)27(29)30)14-11-18-9-12-20(13-10-18)19-5-2-1-3-6-19/h1-17H/b14-11+. The maximum atomic E-state index is 12.7. The minimum absolute atomic E-state index is 0.0891. The number of non-ortho nitro benzene ring substituents is 1. The van der Waals surface area contributed by atoms with Crippen molar-refractivity contribution in [3.8, 4) is 22.5 Å². The zero-order valence-corrected chi connectivity index (χ0v) is 15.9. The molecule has 0 aliphatic rings. The van der Waals surface area contributed by atoms with Crippen molar-refractivity contribution < 1.29 is 9.65 Å². The van der Waals surface area contributed by atoms with Gasteiger partial charge in [0.05, 0.1) is 10.5 Å². The molecule has 1 heterocycles. The Labute approximate surface area is 173 Å². The Bertz CT molecular complexity index is 1220. The normalized spacial score (nSPS) is 10.9. The van der Waals surface area contributed by atoms with Crippen molar-refractivity contribution in [2.24, 2.45) is 0 Å². The summed E-state index contributed by atoms with van der Waals surface area (Å²) in [6, 6.07) is 25.6. The lowest BCUT2D eigenvalue weighted by Crippen LogP contribution is -2.33. The van der Waals surface area contributed by atoms with Crippen LogP contribution in [0.1, 0.15) is 11.3 Å². The van der Waals surface area contributed by atoms with Crippen LogP contribution in [0.2, 0.25) is 0 Å². The van der Waals surface area contributed by atoms with Crippen LogP contribution in [0, 0.1) is 15.3 Å². The first-order valence-corrected chi connectivity index (χ1v) is 9.29. The van der Waals surface area contributed by atoms with E-state index in [1.807, 2.05) is 48.5 Å². The summed E-state index contributed by atoms with van der Waals surface area (Å²) >= 11 is 0. The highest BCUT2D eigenvalue weighted by atomic mass is 16.6. The summed E-state index contributed by atoms with van der Waals surface area (Å²) < 4.78 is 0.675. The highest BCUT2D eigenvalue weighted by Gasteiger charge is 2.16. The lowest BCUT2D eigenvalue weighted by molar-refractivity contribution is -0.598. The van der Waals surface area contributed by atoms with E-state index in [0.29, 0.717) is 16.0 Å². The summed E-state index contributed by atoms with van der Waals surface area (Å²) in [6.07, 6.45) is 5.06. The van der Waals surface area contributed by atoms with Crippen molar-refractivity contribution in [3.05, 3.63) is 118 Å². The fraction of sp³-hybridized carbons (Fsp3) is 0. The molecule has 0 N–H and O–H groups in total. The Morgan fingerprint density at radius 2 is 1.50 bits per heavy atom. The van der Waals surface area contributed by atoms with E-state index in [1.54, 1.807) is 18.2 Å². The number of nitro groups is 1. The van der Waals surface area contributed by atoms with Crippen molar-refractivity contribution in [3.63, 3.8) is 0 Å². The van der Waals surface area contributed by atoms with Gasteiger partial charge in [0.2, 0.25) is 0 Å². The minimum atomic E-state index is -0.499. The van der Waals surface area contributed by atoms with Gasteiger partial charge in [-0.25, -0.2) is 4.73 Å². The molecule has 6 nitrogen and oxygen atoms in total. The van der Waals surface area contributed by atoms with Crippen molar-refractivity contribution in [1.82, 2.24) is 4.98 Å². The zero-order valence-electron chi connectivity index (χ0n) is 15.9. The Kier molecular flexibility index (Phi) is 5.30. The predicted molar refractivity (Wildman–Crippen MR) is 116 cm³/mol. The van der Waals surface area contributed by atoms with Gasteiger partial charge in [0, 0.05) is 18.2 Å². The van der Waals surface area contributed by atoms with Gasteiger partial charge in [-0.05, 0) is 33.8 Å². The first-order chi connectivity index (χ1) is 14.6. The maximum Gasteiger partial charge on any atom is 0.333 e. The molecule has 0 amide bonds. The van der Waals surface area contributed by atoms with Gasteiger partial charge >= 0.3 is 5.82 Å². The third-order valence-corrected chi connectivity index (χ3v) is 4.65. The molecule has 1 aromatic heterocycles. The highest BCUT2D eigenvalue weighted by Crippen LogP contribution is 2.21. The van der Waals surface area contributed by atoms with Crippen LogP contribution in [0.4, 0.5) is 5.69 Å². The number of aromatic nitrogens is 2. The van der Waals surface area contributed by atoms with Gasteiger partial charge in [-0.15, -0.1) is 0 Å². The van der Waals surface area contributed by atoms with Crippen molar-refractivity contribution in [2.45, 2.75) is 0 Å². The molecular formula is C24H17N3O3. The third-order valence-electron chi connectivity index (χ3n) is 4.65. The van der Waals surface area contributed by atoms with Gasteiger partial charge in [-0.2, -0.15) is 0 Å². The molecule has 0 saturated heterocycles. The summed E-state index contributed by atoms with van der Waals surface area (Å²) in [4.78, 5) is 14.6. The van der Waals surface area contributed by atoms with Gasteiger partial charge in [0.25, 0.3) is 5.69 Å². The predicted octanol–water partition coefficient (Wildman–Crippen LogP) is 5.13. The average Bonchev–Trinajstić information content (AvgIpc) is 2.79. The molecule has 0 bridgehead atoms. The molecule has 0 aliphatic heterocycles. The van der Waals surface area contributed by atoms with Crippen molar-refractivity contribution in [1.29, 1.82) is 0 Å². The van der Waals surface area contributed by atoms with Crippen molar-refractivity contribution in [2.75, 3.05) is 0 Å². The van der Waals surface area contributed by atoms with Crippen LogP contribution in [0.15, 0.2) is 91.1 Å². The van der Waals surface area contributed by atoms with Gasteiger partial charge < -0.3 is 5.21 Å². The van der Waals surface area contributed by atoms with Crippen LogP contribution in [0.3, 0.4) is 0 Å². The molecule has 0 spiro atoms. The first-order valence-electron chi connectivity index (χ1n) is 9.29. The lowest BCUT2D eigenvalue weighted by atomic mass is 10.0. The second-order valence-electron chi connectivity index (χ2n) is 6.62. The summed E-state index contributed by atoms with van der Waals surface area (Å²) in [6.45, 7) is 0. The second-order valence-corrected chi connectivity index (χ2v) is 6.62. The number of rotatable bonds is 5. The topological polar surface area (TPSA) is 83.0 Å². The van der Waals surface area contributed by atoms with E-state index in [0.717, 1.165) is 16.7 Å². The van der Waals surface area contributed by atoms with Crippen LogP contribution in [0.5, 0.6) is 0 Å². The van der Waals surface area contributed by atoms with Crippen LogP contribution >= 0.6 is 0 Å². The first kappa shape index (κ1) is 19.0. The number of hydrogen-bond donors (Lipinski definition) is 0. The van der Waals surface area contributed by atoms with E-state index in [9.17, 15) is 15.3 Å². The molecule has 146 valence electrons. The average molecular weight is 395 g/mol. The molecule has 0 fully saturated rings. The van der Waals surface area contributed by atoms with E-state index >= 15 is 0 Å². The smallest absolute Gasteiger partial charge is 0.333 e. The van der Waals surface area contributed by atoms with Gasteiger partial charge in [-0.3, -0.25) is 10.1 Å². The third kappa shape index (κ3) is 4.07. The van der Waals surface area contributed by atoms with Gasteiger partial charge in [0.1, 0.15) is 11.9 Å². The van der Waals surface area contributed by atoms with E-state index < -0.39 is 4.92 Å². The van der Waals surface area contributed by atoms with Crippen molar-refractivity contribution >= 4 is 17.8 Å². The quantitative estimate of drug-likeness (QED) is 0.203. The molecule has 0 unspecified atom stereocenters. The number of nitrogens with zero attached hydrogens (tertiary/aromatic N) is 3. The molecule has 0 radical (unpaired) electrons. The van der Waals surface area contributed by atoms with Gasteiger partial charge in [-0.1, -0.05) is 66.7 Å². The zero-order chi connectivity index (χ0) is 20.9. The van der Waals surface area contributed by atoms with E-state index in [-0.39, 0.29) is 11.5 Å². The molecular weight excluding hydrogens is 378 g/mol. The molecule has 6 heteroatoms. The SMILES string of the molecule is O=[N+]([O-])c1cccc(-c2nccc(/C=C/c3ccc(-c4ccccc4)cc3)[n+]2[O-])c1. The second kappa shape index (κ2) is 8.36. The number of benzene rings is 3. The fourth-order valence-electron chi connectivity index (χ4n) is 3.10. The lowest BCUT2D eigenvalue weighted by Gasteiger charge is -2.09. The summed E-state index contributed by atoms with van der Waals surface area (Å²) in [5.74, 6) is 0.111. The molecule has 3 aromatic carbocycles. The van der Waals surface area contributed by atoms with E-state index in [4.69, 9.17) is 0 Å². The van der Waals surface area contributed by atoms with E-state index in [2.05, 4.69) is 17.1 Å². The molecule has 0 saturated carbocycles. The summed E-state index contributed by atoms with van der Waals surface area (Å²) in [5.41, 5.74) is 3.89. The Morgan fingerprint density at radius 1 is 0.800 bits per heavy atom.